The van der Waals surface area contributed by atoms with Crippen LogP contribution < -0.4 is 5.73 Å². The molecule has 2 rings (SSSR count). The molecule has 0 spiro atoms. The van der Waals surface area contributed by atoms with Gasteiger partial charge in [0, 0.05) is 6.54 Å². The predicted molar refractivity (Wildman–Crippen MR) is 80.9 cm³/mol. The lowest BCUT2D eigenvalue weighted by atomic mass is 9.91. The molecule has 1 aromatic rings. The predicted octanol–water partition coefficient (Wildman–Crippen LogP) is 1.54. The molecule has 2 atom stereocenters. The molecule has 0 radical (unpaired) electrons. The molecule has 1 fully saturated rings. The molecule has 120 valence electrons. The number of likely N-dealkylation sites (tertiary alicyclic amines) is 1. The molecule has 1 aromatic carbocycles. The van der Waals surface area contributed by atoms with Gasteiger partial charge in [-0.1, -0.05) is 30.3 Å². The van der Waals surface area contributed by atoms with Crippen molar-refractivity contribution >= 4 is 12.1 Å². The Labute approximate surface area is 130 Å². The van der Waals surface area contributed by atoms with Gasteiger partial charge in [0.15, 0.2) is 0 Å². The van der Waals surface area contributed by atoms with Crippen LogP contribution in [0.2, 0.25) is 0 Å². The highest BCUT2D eigenvalue weighted by atomic mass is 16.6. The second-order valence-electron chi connectivity index (χ2n) is 5.40. The first-order chi connectivity index (χ1) is 10.7. The van der Waals surface area contributed by atoms with Crippen molar-refractivity contribution in [2.24, 2.45) is 11.7 Å². The fraction of sp³-hybridized carbons (Fsp3) is 0.500. The summed E-state index contributed by atoms with van der Waals surface area (Å²) in [5.41, 5.74) is 6.58. The van der Waals surface area contributed by atoms with Crippen LogP contribution in [0.25, 0.3) is 0 Å². The SMILES string of the molecule is COC(=O)[C@H]1C[C@H](CN)CCN1C(=O)OCc1ccccc1. The number of amides is 1. The van der Waals surface area contributed by atoms with E-state index in [1.165, 1.54) is 12.0 Å². The zero-order valence-corrected chi connectivity index (χ0v) is 12.7. The van der Waals surface area contributed by atoms with Crippen LogP contribution in [0, 0.1) is 5.92 Å². The van der Waals surface area contributed by atoms with E-state index in [0.29, 0.717) is 19.5 Å². The Morgan fingerprint density at radius 3 is 2.68 bits per heavy atom. The second kappa shape index (κ2) is 7.79. The van der Waals surface area contributed by atoms with Gasteiger partial charge in [-0.15, -0.1) is 0 Å². The number of hydrogen-bond acceptors (Lipinski definition) is 5. The largest absolute Gasteiger partial charge is 0.467 e. The molecule has 6 heteroatoms. The maximum atomic E-state index is 12.3. The van der Waals surface area contributed by atoms with Gasteiger partial charge in [-0.2, -0.15) is 0 Å². The van der Waals surface area contributed by atoms with Crippen LogP contribution in [0.1, 0.15) is 18.4 Å². The van der Waals surface area contributed by atoms with Crippen molar-refractivity contribution in [3.63, 3.8) is 0 Å². The molecule has 1 saturated heterocycles. The number of hydrogen-bond donors (Lipinski definition) is 1. The fourth-order valence-corrected chi connectivity index (χ4v) is 2.63. The van der Waals surface area contributed by atoms with Crippen molar-refractivity contribution in [3.05, 3.63) is 35.9 Å². The van der Waals surface area contributed by atoms with Crippen molar-refractivity contribution in [3.8, 4) is 0 Å². The molecule has 1 heterocycles. The minimum Gasteiger partial charge on any atom is -0.467 e. The van der Waals surface area contributed by atoms with Crippen LogP contribution in [-0.2, 0) is 20.9 Å². The van der Waals surface area contributed by atoms with Gasteiger partial charge in [-0.3, -0.25) is 4.90 Å². The van der Waals surface area contributed by atoms with Gasteiger partial charge in [0.2, 0.25) is 0 Å². The maximum absolute atomic E-state index is 12.3. The van der Waals surface area contributed by atoms with Gasteiger partial charge >= 0.3 is 12.1 Å². The Balaban J connectivity index is 1.98. The van der Waals surface area contributed by atoms with E-state index < -0.39 is 18.1 Å². The minimum atomic E-state index is -0.615. The molecule has 1 aliphatic rings. The van der Waals surface area contributed by atoms with Crippen LogP contribution in [0.4, 0.5) is 4.79 Å². The lowest BCUT2D eigenvalue weighted by Crippen LogP contribution is -2.51. The summed E-state index contributed by atoms with van der Waals surface area (Å²) < 4.78 is 10.1. The third-order valence-corrected chi connectivity index (χ3v) is 3.96. The molecule has 0 unspecified atom stereocenters. The third kappa shape index (κ3) is 3.98. The highest BCUT2D eigenvalue weighted by molar-refractivity contribution is 5.81. The molecule has 1 amide bonds. The summed E-state index contributed by atoms with van der Waals surface area (Å²) in [4.78, 5) is 25.6. The summed E-state index contributed by atoms with van der Waals surface area (Å²) in [5, 5.41) is 0. The molecule has 6 nitrogen and oxygen atoms in total. The zero-order valence-electron chi connectivity index (χ0n) is 12.7. The Bertz CT molecular complexity index is 506. The molecule has 0 bridgehead atoms. The number of benzene rings is 1. The smallest absolute Gasteiger partial charge is 0.410 e. The summed E-state index contributed by atoms with van der Waals surface area (Å²) in [7, 11) is 1.32. The Kier molecular flexibility index (Phi) is 5.77. The van der Waals surface area contributed by atoms with Crippen LogP contribution in [0.3, 0.4) is 0 Å². The summed E-state index contributed by atoms with van der Waals surface area (Å²) >= 11 is 0. The van der Waals surface area contributed by atoms with Crippen molar-refractivity contribution in [1.82, 2.24) is 4.90 Å². The average Bonchev–Trinajstić information content (AvgIpc) is 2.59. The third-order valence-electron chi connectivity index (χ3n) is 3.96. The average molecular weight is 306 g/mol. The Hall–Kier alpha value is -2.08. The molecule has 2 N–H and O–H groups in total. The molecule has 1 aliphatic heterocycles. The van der Waals surface area contributed by atoms with E-state index in [9.17, 15) is 9.59 Å². The normalized spacial score (nSPS) is 21.3. The first kappa shape index (κ1) is 16.3. The van der Waals surface area contributed by atoms with Crippen LogP contribution in [0.5, 0.6) is 0 Å². The first-order valence-corrected chi connectivity index (χ1v) is 7.41. The van der Waals surface area contributed by atoms with Gasteiger partial charge < -0.3 is 15.2 Å². The van der Waals surface area contributed by atoms with Crippen molar-refractivity contribution in [2.45, 2.75) is 25.5 Å². The number of rotatable bonds is 4. The molecule has 0 saturated carbocycles. The second-order valence-corrected chi connectivity index (χ2v) is 5.40. The first-order valence-electron chi connectivity index (χ1n) is 7.41. The van der Waals surface area contributed by atoms with E-state index in [1.54, 1.807) is 0 Å². The molecule has 22 heavy (non-hydrogen) atoms. The van der Waals surface area contributed by atoms with Crippen LogP contribution in [-0.4, -0.2) is 43.2 Å². The van der Waals surface area contributed by atoms with Crippen molar-refractivity contribution < 1.29 is 19.1 Å². The Morgan fingerprint density at radius 1 is 1.32 bits per heavy atom. The lowest BCUT2D eigenvalue weighted by molar-refractivity contribution is -0.148. The summed E-state index contributed by atoms with van der Waals surface area (Å²) in [6, 6.07) is 8.81. The number of methoxy groups -OCH3 is 1. The van der Waals surface area contributed by atoms with Gasteiger partial charge in [0.05, 0.1) is 7.11 Å². The van der Waals surface area contributed by atoms with E-state index in [-0.39, 0.29) is 12.5 Å². The van der Waals surface area contributed by atoms with E-state index in [2.05, 4.69) is 0 Å². The van der Waals surface area contributed by atoms with Gasteiger partial charge in [0.25, 0.3) is 0 Å². The minimum absolute atomic E-state index is 0.185. The zero-order chi connectivity index (χ0) is 15.9. The molecular formula is C16H22N2O4. The summed E-state index contributed by atoms with van der Waals surface area (Å²) in [6.07, 6.45) is 0.795. The number of esters is 1. The number of ether oxygens (including phenoxy) is 2. The number of carbonyl (C=O) groups excluding carboxylic acids is 2. The van der Waals surface area contributed by atoms with E-state index in [4.69, 9.17) is 15.2 Å². The quantitative estimate of drug-likeness (QED) is 0.853. The van der Waals surface area contributed by atoms with Crippen molar-refractivity contribution in [2.75, 3.05) is 20.2 Å². The molecule has 0 aliphatic carbocycles. The monoisotopic (exact) mass is 306 g/mol. The number of piperidine rings is 1. The number of nitrogens with two attached hydrogens (primary N) is 1. The van der Waals surface area contributed by atoms with E-state index >= 15 is 0 Å². The van der Waals surface area contributed by atoms with Crippen LogP contribution >= 0.6 is 0 Å². The Morgan fingerprint density at radius 2 is 2.05 bits per heavy atom. The van der Waals surface area contributed by atoms with Crippen molar-refractivity contribution in [1.29, 1.82) is 0 Å². The highest BCUT2D eigenvalue weighted by Crippen LogP contribution is 2.24. The van der Waals surface area contributed by atoms with E-state index in [0.717, 1.165) is 12.0 Å². The molecular weight excluding hydrogens is 284 g/mol. The topological polar surface area (TPSA) is 81.9 Å². The lowest BCUT2D eigenvalue weighted by Gasteiger charge is -2.36. The maximum Gasteiger partial charge on any atom is 0.410 e. The fourth-order valence-electron chi connectivity index (χ4n) is 2.63. The van der Waals surface area contributed by atoms with E-state index in [1.807, 2.05) is 30.3 Å². The summed E-state index contributed by atoms with van der Waals surface area (Å²) in [6.45, 7) is 1.14. The number of carbonyl (C=O) groups is 2. The standard InChI is InChI=1S/C16H22N2O4/c1-21-15(19)14-9-13(10-17)7-8-18(14)16(20)22-11-12-5-3-2-4-6-12/h2-6,13-14H,7-11,17H2,1H3/t13-,14-/m1/s1. The van der Waals surface area contributed by atoms with Gasteiger partial charge in [-0.25, -0.2) is 9.59 Å². The molecule has 0 aromatic heterocycles. The van der Waals surface area contributed by atoms with Gasteiger partial charge in [-0.05, 0) is 30.9 Å². The highest BCUT2D eigenvalue weighted by Gasteiger charge is 2.37. The van der Waals surface area contributed by atoms with Gasteiger partial charge in [0.1, 0.15) is 12.6 Å². The summed E-state index contributed by atoms with van der Waals surface area (Å²) in [5.74, 6) is -0.197. The van der Waals surface area contributed by atoms with Crippen LogP contribution in [0.15, 0.2) is 30.3 Å². The number of nitrogens with zero attached hydrogens (tertiary/aromatic N) is 1.